The van der Waals surface area contributed by atoms with E-state index in [9.17, 15) is 0 Å². The van der Waals surface area contributed by atoms with Crippen LogP contribution >= 0.6 is 11.6 Å². The van der Waals surface area contributed by atoms with Crippen LogP contribution in [0.25, 0.3) is 11.1 Å². The molecule has 0 aliphatic rings. The summed E-state index contributed by atoms with van der Waals surface area (Å²) in [6.07, 6.45) is 0.517. The molecule has 0 fully saturated rings. The van der Waals surface area contributed by atoms with E-state index in [1.54, 1.807) is 0 Å². The van der Waals surface area contributed by atoms with E-state index in [2.05, 4.69) is 4.98 Å². The Morgan fingerprint density at radius 3 is 2.72 bits per heavy atom. The Morgan fingerprint density at radius 2 is 2.00 bits per heavy atom. The van der Waals surface area contributed by atoms with E-state index < -0.39 is 0 Å². The lowest BCUT2D eigenvalue weighted by Gasteiger charge is -2.02. The van der Waals surface area contributed by atoms with Gasteiger partial charge in [-0.1, -0.05) is 12.1 Å². The minimum Gasteiger partial charge on any atom is -0.465 e. The first-order chi connectivity index (χ1) is 8.72. The zero-order chi connectivity index (χ0) is 12.5. The van der Waals surface area contributed by atoms with Crippen LogP contribution in [0, 0.1) is 6.92 Å². The van der Waals surface area contributed by atoms with Crippen LogP contribution in [-0.2, 0) is 6.42 Å². The third kappa shape index (κ3) is 2.14. The molecule has 0 amide bonds. The van der Waals surface area contributed by atoms with E-state index in [0.717, 1.165) is 22.6 Å². The number of hydrogen-bond acceptors (Lipinski definition) is 3. The number of aryl methyl sites for hydroxylation is 1. The minimum atomic E-state index is -0.258. The van der Waals surface area contributed by atoms with Crippen LogP contribution in [0.2, 0.25) is 0 Å². The van der Waals surface area contributed by atoms with E-state index in [1.165, 1.54) is 0 Å². The highest BCUT2D eigenvalue weighted by atomic mass is 35.5. The molecule has 4 heteroatoms. The maximum Gasteiger partial charge on any atom is 0.197 e. The highest BCUT2D eigenvalue weighted by Gasteiger charge is 2.16. The fraction of sp³-hybridized carbons (Fsp3) is 0.214. The van der Waals surface area contributed by atoms with Crippen LogP contribution < -0.4 is 0 Å². The van der Waals surface area contributed by atoms with Crippen LogP contribution in [0.4, 0.5) is 0 Å². The molecule has 0 saturated carbocycles. The molecule has 92 valence electrons. The summed E-state index contributed by atoms with van der Waals surface area (Å²) in [6, 6.07) is 11.5. The van der Waals surface area contributed by atoms with E-state index in [0.29, 0.717) is 12.3 Å². The fourth-order valence-electron chi connectivity index (χ4n) is 1.88. The number of fused-ring (bicyclic) bond motifs is 1. The predicted molar refractivity (Wildman–Crippen MR) is 69.8 cm³/mol. The number of aromatic nitrogens is 1. The van der Waals surface area contributed by atoms with Gasteiger partial charge in [0, 0.05) is 6.42 Å². The fourth-order valence-corrected chi connectivity index (χ4v) is 2.13. The number of benzene rings is 1. The Bertz CT molecular complexity index is 638. The molecule has 3 aromatic rings. The van der Waals surface area contributed by atoms with Gasteiger partial charge in [0.05, 0.1) is 0 Å². The topological polar surface area (TPSA) is 39.2 Å². The van der Waals surface area contributed by atoms with Gasteiger partial charge in [0.1, 0.15) is 22.4 Å². The normalized spacial score (nSPS) is 13.0. The number of alkyl halides is 1. The Labute approximate surface area is 109 Å². The number of hydrogen-bond donors (Lipinski definition) is 0. The maximum atomic E-state index is 6.29. The Morgan fingerprint density at radius 1 is 1.17 bits per heavy atom. The summed E-state index contributed by atoms with van der Waals surface area (Å²) in [5, 5.41) is -0.258. The first kappa shape index (κ1) is 11.4. The van der Waals surface area contributed by atoms with Crippen molar-refractivity contribution in [1.82, 2.24) is 4.98 Å². The second kappa shape index (κ2) is 4.50. The van der Waals surface area contributed by atoms with Crippen molar-refractivity contribution in [2.75, 3.05) is 0 Å². The number of halogens is 1. The van der Waals surface area contributed by atoms with Crippen molar-refractivity contribution in [2.45, 2.75) is 18.7 Å². The third-order valence-corrected chi connectivity index (χ3v) is 3.13. The Kier molecular flexibility index (Phi) is 2.84. The van der Waals surface area contributed by atoms with E-state index in [-0.39, 0.29) is 5.38 Å². The maximum absolute atomic E-state index is 6.29. The first-order valence-electron chi connectivity index (χ1n) is 5.77. The summed E-state index contributed by atoms with van der Waals surface area (Å²) in [4.78, 5) is 4.39. The summed E-state index contributed by atoms with van der Waals surface area (Å²) >= 11 is 6.29. The predicted octanol–water partition coefficient (Wildman–Crippen LogP) is 4.25. The molecule has 1 unspecified atom stereocenters. The van der Waals surface area contributed by atoms with Gasteiger partial charge in [0.25, 0.3) is 0 Å². The average molecular weight is 262 g/mol. The molecule has 1 atom stereocenters. The van der Waals surface area contributed by atoms with Gasteiger partial charge >= 0.3 is 0 Å². The lowest BCUT2D eigenvalue weighted by molar-refractivity contribution is 0.457. The van der Waals surface area contributed by atoms with E-state index in [4.69, 9.17) is 20.4 Å². The van der Waals surface area contributed by atoms with Crippen LogP contribution in [0.5, 0.6) is 0 Å². The number of rotatable bonds is 3. The number of furan rings is 1. The lowest BCUT2D eigenvalue weighted by Crippen LogP contribution is -1.94. The molecule has 2 heterocycles. The molecule has 3 rings (SSSR count). The monoisotopic (exact) mass is 261 g/mol. The molecule has 0 N–H and O–H groups in total. The van der Waals surface area contributed by atoms with Gasteiger partial charge < -0.3 is 8.83 Å². The SMILES string of the molecule is Cc1ccc(C(Cl)Cc2nc3ccccc3o2)o1. The van der Waals surface area contributed by atoms with Crippen molar-refractivity contribution < 1.29 is 8.83 Å². The van der Waals surface area contributed by atoms with Crippen molar-refractivity contribution in [3.63, 3.8) is 0 Å². The molecular weight excluding hydrogens is 250 g/mol. The molecule has 0 saturated heterocycles. The second-order valence-electron chi connectivity index (χ2n) is 4.20. The van der Waals surface area contributed by atoms with Crippen LogP contribution in [-0.4, -0.2) is 4.98 Å². The molecule has 18 heavy (non-hydrogen) atoms. The van der Waals surface area contributed by atoms with Crippen LogP contribution in [0.1, 0.15) is 22.8 Å². The molecule has 0 spiro atoms. The smallest absolute Gasteiger partial charge is 0.197 e. The molecule has 3 nitrogen and oxygen atoms in total. The van der Waals surface area contributed by atoms with Crippen molar-refractivity contribution in [2.24, 2.45) is 0 Å². The molecule has 2 aromatic heterocycles. The Hall–Kier alpha value is -1.74. The van der Waals surface area contributed by atoms with Gasteiger partial charge in [-0.05, 0) is 31.2 Å². The van der Waals surface area contributed by atoms with Gasteiger partial charge in [0.15, 0.2) is 11.5 Å². The van der Waals surface area contributed by atoms with Crippen molar-refractivity contribution >= 4 is 22.7 Å². The highest BCUT2D eigenvalue weighted by molar-refractivity contribution is 6.20. The van der Waals surface area contributed by atoms with Crippen LogP contribution in [0.3, 0.4) is 0 Å². The quantitative estimate of drug-likeness (QED) is 0.662. The minimum absolute atomic E-state index is 0.258. The summed E-state index contributed by atoms with van der Waals surface area (Å²) < 4.78 is 11.1. The van der Waals surface area contributed by atoms with Gasteiger partial charge in [-0.15, -0.1) is 11.6 Å². The van der Waals surface area contributed by atoms with E-state index in [1.807, 2.05) is 43.3 Å². The largest absolute Gasteiger partial charge is 0.465 e. The number of nitrogens with zero attached hydrogens (tertiary/aromatic N) is 1. The standard InChI is InChI=1S/C14H12ClNO2/c1-9-6-7-12(17-9)10(15)8-14-16-11-4-2-3-5-13(11)18-14/h2-7,10H,8H2,1H3. The zero-order valence-electron chi connectivity index (χ0n) is 9.89. The molecule has 0 aliphatic carbocycles. The second-order valence-corrected chi connectivity index (χ2v) is 4.72. The number of oxazole rings is 1. The van der Waals surface area contributed by atoms with Crippen LogP contribution in [0.15, 0.2) is 45.2 Å². The molecule has 1 aromatic carbocycles. The zero-order valence-corrected chi connectivity index (χ0v) is 10.6. The molecule has 0 radical (unpaired) electrons. The third-order valence-electron chi connectivity index (χ3n) is 2.76. The van der Waals surface area contributed by atoms with Gasteiger partial charge in [0.2, 0.25) is 0 Å². The van der Waals surface area contributed by atoms with Crippen molar-refractivity contribution in [3.8, 4) is 0 Å². The van der Waals surface area contributed by atoms with Gasteiger partial charge in [-0.2, -0.15) is 0 Å². The highest BCUT2D eigenvalue weighted by Crippen LogP contribution is 2.27. The average Bonchev–Trinajstić information content (AvgIpc) is 2.94. The lowest BCUT2D eigenvalue weighted by atomic mass is 10.2. The molecule has 0 aliphatic heterocycles. The Balaban J connectivity index is 1.83. The summed E-state index contributed by atoms with van der Waals surface area (Å²) in [5.41, 5.74) is 1.64. The summed E-state index contributed by atoms with van der Waals surface area (Å²) in [6.45, 7) is 1.90. The molecular formula is C14H12ClNO2. The van der Waals surface area contributed by atoms with Gasteiger partial charge in [-0.3, -0.25) is 0 Å². The number of para-hydroxylation sites is 2. The first-order valence-corrected chi connectivity index (χ1v) is 6.21. The summed E-state index contributed by atoms with van der Waals surface area (Å²) in [5.74, 6) is 2.23. The van der Waals surface area contributed by atoms with Gasteiger partial charge in [-0.25, -0.2) is 4.98 Å². The van der Waals surface area contributed by atoms with E-state index >= 15 is 0 Å². The van der Waals surface area contributed by atoms with Crippen molar-refractivity contribution in [3.05, 3.63) is 53.8 Å². The summed E-state index contributed by atoms with van der Waals surface area (Å²) in [7, 11) is 0. The van der Waals surface area contributed by atoms with Crippen molar-refractivity contribution in [1.29, 1.82) is 0 Å². The molecule has 0 bridgehead atoms.